The average molecular weight is 482 g/mol. The molecule has 2 heterocycles. The Kier molecular flexibility index (Phi) is 5.95. The Morgan fingerprint density at radius 2 is 1.65 bits per heavy atom. The third-order valence-electron chi connectivity index (χ3n) is 5.61. The van der Waals surface area contributed by atoms with Gasteiger partial charge in [0, 0.05) is 11.6 Å². The molecule has 13 nitrogen and oxygen atoms in total. The first-order valence-electron chi connectivity index (χ1n) is 9.98. The number of aliphatic hydroxyl groups is 3. The first-order valence-corrected chi connectivity index (χ1v) is 9.98. The number of rotatable bonds is 4. The third-order valence-corrected chi connectivity index (χ3v) is 5.61. The molecular formula is C21H22O13. The Hall–Kier alpha value is -3.65. The van der Waals surface area contributed by atoms with Crippen LogP contribution in [0.4, 0.5) is 0 Å². The molecule has 0 aliphatic carbocycles. The number of Topliss-reactive ketones (excluding diaryl/α,β-unsaturated/α-hetero) is 1. The van der Waals surface area contributed by atoms with E-state index in [1.165, 1.54) is 7.11 Å². The van der Waals surface area contributed by atoms with Gasteiger partial charge in [-0.1, -0.05) is 0 Å². The lowest BCUT2D eigenvalue weighted by atomic mass is 9.94. The van der Waals surface area contributed by atoms with E-state index in [-0.39, 0.29) is 22.8 Å². The van der Waals surface area contributed by atoms with Crippen LogP contribution in [0.15, 0.2) is 12.1 Å². The highest BCUT2D eigenvalue weighted by Gasteiger charge is 2.42. The molecular weight excluding hydrogens is 460 g/mol. The summed E-state index contributed by atoms with van der Waals surface area (Å²) in [5.74, 6) is -5.99. The minimum atomic E-state index is -1.80. The van der Waals surface area contributed by atoms with Crippen LogP contribution < -0.4 is 14.2 Å². The molecule has 2 aromatic carbocycles. The van der Waals surface area contributed by atoms with Gasteiger partial charge in [-0.3, -0.25) is 4.79 Å². The van der Waals surface area contributed by atoms with Crippen molar-refractivity contribution >= 4 is 5.78 Å². The van der Waals surface area contributed by atoms with Crippen molar-refractivity contribution in [3.05, 3.63) is 23.3 Å². The fraction of sp³-hybridized carbons (Fsp3) is 0.381. The number of methoxy groups -OCH3 is 1. The van der Waals surface area contributed by atoms with Gasteiger partial charge in [0.25, 0.3) is 0 Å². The van der Waals surface area contributed by atoms with E-state index in [9.17, 15) is 45.6 Å². The molecule has 2 aliphatic rings. The summed E-state index contributed by atoms with van der Waals surface area (Å²) in [6.45, 7) is -0.446. The minimum absolute atomic E-state index is 0.0325. The van der Waals surface area contributed by atoms with Gasteiger partial charge < -0.3 is 59.8 Å². The van der Waals surface area contributed by atoms with Gasteiger partial charge in [-0.25, -0.2) is 0 Å². The molecule has 8 N–H and O–H groups in total. The molecule has 34 heavy (non-hydrogen) atoms. The Morgan fingerprint density at radius 3 is 2.32 bits per heavy atom. The molecule has 0 spiro atoms. The summed E-state index contributed by atoms with van der Waals surface area (Å²) in [6, 6.07) is 2.20. The van der Waals surface area contributed by atoms with E-state index in [0.29, 0.717) is 0 Å². The van der Waals surface area contributed by atoms with E-state index in [4.69, 9.17) is 18.9 Å². The van der Waals surface area contributed by atoms with E-state index in [1.807, 2.05) is 0 Å². The van der Waals surface area contributed by atoms with E-state index in [1.54, 1.807) is 0 Å². The van der Waals surface area contributed by atoms with Crippen LogP contribution in [-0.4, -0.2) is 85.0 Å². The Labute approximate surface area is 191 Å². The van der Waals surface area contributed by atoms with Crippen molar-refractivity contribution in [3.63, 3.8) is 0 Å². The van der Waals surface area contributed by atoms with Crippen LogP contribution in [-0.2, 0) is 4.74 Å². The maximum Gasteiger partial charge on any atom is 0.229 e. The minimum Gasteiger partial charge on any atom is -0.507 e. The predicted molar refractivity (Wildman–Crippen MR) is 108 cm³/mol. The van der Waals surface area contributed by atoms with Crippen molar-refractivity contribution in [1.29, 1.82) is 0 Å². The summed E-state index contributed by atoms with van der Waals surface area (Å²) < 4.78 is 20.8. The lowest BCUT2D eigenvalue weighted by Crippen LogP contribution is -2.54. The maximum atomic E-state index is 12.7. The van der Waals surface area contributed by atoms with Crippen LogP contribution in [0.2, 0.25) is 0 Å². The largest absolute Gasteiger partial charge is 0.507 e. The van der Waals surface area contributed by atoms with Gasteiger partial charge >= 0.3 is 0 Å². The quantitative estimate of drug-likeness (QED) is 0.209. The Balaban J connectivity index is 1.73. The van der Waals surface area contributed by atoms with Gasteiger partial charge in [0.1, 0.15) is 35.7 Å². The smallest absolute Gasteiger partial charge is 0.229 e. The lowest BCUT2D eigenvalue weighted by molar-refractivity contribution is -0.242. The van der Waals surface area contributed by atoms with Gasteiger partial charge in [0.2, 0.25) is 23.5 Å². The van der Waals surface area contributed by atoms with Crippen molar-refractivity contribution in [2.75, 3.05) is 13.7 Å². The van der Waals surface area contributed by atoms with Crippen molar-refractivity contribution in [1.82, 2.24) is 0 Å². The van der Waals surface area contributed by atoms with Crippen molar-refractivity contribution in [2.24, 2.45) is 0 Å². The molecule has 5 unspecified atom stereocenters. The second-order valence-corrected chi connectivity index (χ2v) is 7.76. The molecule has 0 aromatic heterocycles. The second-order valence-electron chi connectivity index (χ2n) is 7.76. The number of phenolic OH excluding ortho intramolecular Hbond substituents is 5. The van der Waals surface area contributed by atoms with Crippen LogP contribution in [0.3, 0.4) is 0 Å². The molecule has 13 heteroatoms. The zero-order chi connectivity index (χ0) is 24.9. The van der Waals surface area contributed by atoms with Gasteiger partial charge in [-0.15, -0.1) is 0 Å². The third kappa shape index (κ3) is 3.74. The highest BCUT2D eigenvalue weighted by molar-refractivity contribution is 6.05. The molecule has 2 aliphatic heterocycles. The Morgan fingerprint density at radius 1 is 0.941 bits per heavy atom. The molecule has 0 bridgehead atoms. The van der Waals surface area contributed by atoms with Crippen LogP contribution in [0, 0.1) is 0 Å². The standard InChI is InChI=1S/C21H22O13/c1-31-12-3-7(22)6(2-8(12)23)11-4-9(24)13-15(27)16(28)20(18(30)19(13)33-11)34-21-17(29)14(26)10(25)5-32-21/h2-3,10-11,14,17,21-23,25-30H,4-5H2,1H3. The highest BCUT2D eigenvalue weighted by Crippen LogP contribution is 2.56. The van der Waals surface area contributed by atoms with Crippen molar-refractivity contribution in [2.45, 2.75) is 37.1 Å². The normalized spacial score (nSPS) is 26.5. The van der Waals surface area contributed by atoms with Gasteiger partial charge in [-0.05, 0) is 6.07 Å². The first kappa shape index (κ1) is 23.5. The highest BCUT2D eigenvalue weighted by atomic mass is 16.7. The summed E-state index contributed by atoms with van der Waals surface area (Å²) in [6.07, 6.45) is -8.21. The number of benzene rings is 2. The van der Waals surface area contributed by atoms with E-state index < -0.39 is 83.8 Å². The SMILES string of the molecule is COc1cc(O)c(C2CC(=O)c3c(O)c(O)c(OC4OCC(O)C(O)C4O)c(O)c3O2)cc1O. The number of aromatic hydroxyl groups is 5. The Bertz CT molecular complexity index is 1130. The van der Waals surface area contributed by atoms with Gasteiger partial charge in [0.15, 0.2) is 28.8 Å². The number of fused-ring (bicyclic) bond motifs is 1. The molecule has 4 rings (SSSR count). The van der Waals surface area contributed by atoms with E-state index >= 15 is 0 Å². The topological polar surface area (TPSA) is 216 Å². The fourth-order valence-electron chi connectivity index (χ4n) is 3.77. The number of hydrogen-bond acceptors (Lipinski definition) is 13. The molecule has 0 amide bonds. The zero-order valence-corrected chi connectivity index (χ0v) is 17.6. The van der Waals surface area contributed by atoms with Crippen LogP contribution in [0.25, 0.3) is 0 Å². The second kappa shape index (κ2) is 8.61. The van der Waals surface area contributed by atoms with Crippen LogP contribution >= 0.6 is 0 Å². The molecule has 184 valence electrons. The summed E-state index contributed by atoms with van der Waals surface area (Å²) in [5.41, 5.74) is -0.591. The fourth-order valence-corrected chi connectivity index (χ4v) is 3.77. The van der Waals surface area contributed by atoms with Gasteiger partial charge in [0.05, 0.1) is 20.1 Å². The number of phenols is 5. The summed E-state index contributed by atoms with van der Waals surface area (Å²) in [5, 5.41) is 81.2. The van der Waals surface area contributed by atoms with E-state index in [2.05, 4.69) is 0 Å². The van der Waals surface area contributed by atoms with Crippen molar-refractivity contribution < 1.29 is 64.6 Å². The molecule has 1 saturated heterocycles. The predicted octanol–water partition coefficient (Wildman–Crippen LogP) is -0.253. The summed E-state index contributed by atoms with van der Waals surface area (Å²) >= 11 is 0. The van der Waals surface area contributed by atoms with Gasteiger partial charge in [-0.2, -0.15) is 0 Å². The number of carbonyl (C=O) groups excluding carboxylic acids is 1. The molecule has 5 atom stereocenters. The molecule has 1 fully saturated rings. The van der Waals surface area contributed by atoms with Crippen molar-refractivity contribution in [3.8, 4) is 46.0 Å². The molecule has 0 saturated carbocycles. The summed E-state index contributed by atoms with van der Waals surface area (Å²) in [4.78, 5) is 12.7. The zero-order valence-electron chi connectivity index (χ0n) is 17.6. The number of ketones is 1. The molecule has 0 radical (unpaired) electrons. The number of ether oxygens (including phenoxy) is 4. The molecule has 2 aromatic rings. The lowest BCUT2D eigenvalue weighted by Gasteiger charge is -2.35. The monoisotopic (exact) mass is 482 g/mol. The average Bonchev–Trinajstić information content (AvgIpc) is 2.80. The number of aliphatic hydroxyl groups excluding tert-OH is 3. The number of carbonyl (C=O) groups is 1. The van der Waals surface area contributed by atoms with Crippen LogP contribution in [0.1, 0.15) is 28.4 Å². The van der Waals surface area contributed by atoms with Crippen LogP contribution in [0.5, 0.6) is 46.0 Å². The number of hydrogen-bond donors (Lipinski definition) is 8. The van der Waals surface area contributed by atoms with E-state index in [0.717, 1.165) is 12.1 Å². The maximum absolute atomic E-state index is 12.7. The summed E-state index contributed by atoms with van der Waals surface area (Å²) in [7, 11) is 1.27. The first-order chi connectivity index (χ1) is 16.0.